The van der Waals surface area contributed by atoms with Crippen LogP contribution in [0.1, 0.15) is 19.3 Å². The SMILES string of the molecule is O=C(O)CC1CCCN1C(=O)COc1cccc2ccccc12. The molecule has 5 heteroatoms. The highest BCUT2D eigenvalue weighted by Gasteiger charge is 2.30. The van der Waals surface area contributed by atoms with E-state index in [2.05, 4.69) is 0 Å². The first-order valence-corrected chi connectivity index (χ1v) is 7.77. The Morgan fingerprint density at radius 3 is 2.78 bits per heavy atom. The van der Waals surface area contributed by atoms with E-state index >= 15 is 0 Å². The standard InChI is InChI=1S/C18H19NO4/c20-17(19-10-4-7-14(19)11-18(21)22)12-23-16-9-3-6-13-5-1-2-8-15(13)16/h1-3,5-6,8-9,14H,4,7,10-12H2,(H,21,22). The number of benzene rings is 2. The molecule has 1 amide bonds. The van der Waals surface area contributed by atoms with E-state index in [1.54, 1.807) is 4.90 Å². The number of likely N-dealkylation sites (tertiary alicyclic amines) is 1. The second kappa shape index (κ2) is 6.69. The molecular formula is C18H19NO4. The molecule has 1 unspecified atom stereocenters. The molecule has 0 aromatic heterocycles. The molecule has 1 aliphatic heterocycles. The Hall–Kier alpha value is -2.56. The average molecular weight is 313 g/mol. The average Bonchev–Trinajstić information content (AvgIpc) is 3.00. The first-order valence-electron chi connectivity index (χ1n) is 7.77. The first-order chi connectivity index (χ1) is 11.1. The summed E-state index contributed by atoms with van der Waals surface area (Å²) in [6.07, 6.45) is 1.59. The van der Waals surface area contributed by atoms with Gasteiger partial charge in [0.05, 0.1) is 6.42 Å². The number of amides is 1. The van der Waals surface area contributed by atoms with E-state index < -0.39 is 5.97 Å². The highest BCUT2D eigenvalue weighted by molar-refractivity contribution is 5.88. The maximum Gasteiger partial charge on any atom is 0.305 e. The van der Waals surface area contributed by atoms with Crippen molar-refractivity contribution in [3.8, 4) is 5.75 Å². The van der Waals surface area contributed by atoms with E-state index in [1.165, 1.54) is 0 Å². The van der Waals surface area contributed by atoms with E-state index in [0.717, 1.165) is 23.6 Å². The minimum Gasteiger partial charge on any atom is -0.483 e. The number of ether oxygens (including phenoxy) is 1. The molecule has 1 fully saturated rings. The van der Waals surface area contributed by atoms with Crippen LogP contribution in [0.3, 0.4) is 0 Å². The van der Waals surface area contributed by atoms with Gasteiger partial charge < -0.3 is 14.7 Å². The van der Waals surface area contributed by atoms with Crippen LogP contribution in [0.4, 0.5) is 0 Å². The molecule has 3 rings (SSSR count). The number of carboxylic acids is 1. The van der Waals surface area contributed by atoms with E-state index in [1.807, 2.05) is 42.5 Å². The van der Waals surface area contributed by atoms with Crippen LogP contribution in [0.5, 0.6) is 5.75 Å². The van der Waals surface area contributed by atoms with Gasteiger partial charge in [0.25, 0.3) is 5.91 Å². The van der Waals surface area contributed by atoms with E-state index in [-0.39, 0.29) is 25.0 Å². The Balaban J connectivity index is 1.67. The Morgan fingerprint density at radius 2 is 1.96 bits per heavy atom. The Kier molecular flexibility index (Phi) is 4.46. The van der Waals surface area contributed by atoms with Crippen molar-refractivity contribution in [1.29, 1.82) is 0 Å². The second-order valence-electron chi connectivity index (χ2n) is 5.75. The van der Waals surface area contributed by atoms with Crippen LogP contribution in [0.15, 0.2) is 42.5 Å². The Morgan fingerprint density at radius 1 is 1.17 bits per heavy atom. The molecule has 120 valence electrons. The summed E-state index contributed by atoms with van der Waals surface area (Å²) in [4.78, 5) is 24.9. The van der Waals surface area contributed by atoms with Crippen molar-refractivity contribution in [2.45, 2.75) is 25.3 Å². The van der Waals surface area contributed by atoms with Gasteiger partial charge in [0.1, 0.15) is 5.75 Å². The summed E-state index contributed by atoms with van der Waals surface area (Å²) in [5.74, 6) is -0.350. The molecule has 0 saturated carbocycles. The first kappa shape index (κ1) is 15.3. The zero-order chi connectivity index (χ0) is 16.2. The lowest BCUT2D eigenvalue weighted by Gasteiger charge is -2.23. The molecule has 0 radical (unpaired) electrons. The molecule has 23 heavy (non-hydrogen) atoms. The summed E-state index contributed by atoms with van der Waals surface area (Å²) in [6.45, 7) is 0.541. The van der Waals surface area contributed by atoms with Crippen molar-refractivity contribution in [3.05, 3.63) is 42.5 Å². The Labute approximate surface area is 134 Å². The van der Waals surface area contributed by atoms with Crippen LogP contribution in [-0.4, -0.2) is 41.1 Å². The number of carboxylic acid groups (broad SMARTS) is 1. The third-order valence-corrected chi connectivity index (χ3v) is 4.21. The number of aliphatic carboxylic acids is 1. The summed E-state index contributed by atoms with van der Waals surface area (Å²) in [7, 11) is 0. The minimum absolute atomic E-state index is 0.00000756. The lowest BCUT2D eigenvalue weighted by atomic mass is 10.1. The maximum absolute atomic E-state index is 12.4. The molecule has 2 aromatic carbocycles. The number of nitrogens with zero attached hydrogens (tertiary/aromatic N) is 1. The summed E-state index contributed by atoms with van der Waals surface area (Å²) >= 11 is 0. The molecule has 1 heterocycles. The van der Waals surface area contributed by atoms with Gasteiger partial charge in [-0.05, 0) is 24.3 Å². The third kappa shape index (κ3) is 3.44. The molecular weight excluding hydrogens is 294 g/mol. The normalized spacial score (nSPS) is 17.4. The third-order valence-electron chi connectivity index (χ3n) is 4.21. The lowest BCUT2D eigenvalue weighted by Crippen LogP contribution is -2.39. The number of carbonyl (C=O) groups excluding carboxylic acids is 1. The number of rotatable bonds is 5. The van der Waals surface area contributed by atoms with Crippen LogP contribution in [0.2, 0.25) is 0 Å². The van der Waals surface area contributed by atoms with E-state index in [9.17, 15) is 9.59 Å². The van der Waals surface area contributed by atoms with E-state index in [0.29, 0.717) is 12.3 Å². The summed E-state index contributed by atoms with van der Waals surface area (Å²) in [5, 5.41) is 11.0. The largest absolute Gasteiger partial charge is 0.483 e. The van der Waals surface area contributed by atoms with Crippen LogP contribution in [0, 0.1) is 0 Å². The van der Waals surface area contributed by atoms with E-state index in [4.69, 9.17) is 9.84 Å². The van der Waals surface area contributed by atoms with Crippen molar-refractivity contribution in [2.75, 3.05) is 13.2 Å². The molecule has 1 atom stereocenters. The zero-order valence-corrected chi connectivity index (χ0v) is 12.8. The second-order valence-corrected chi connectivity index (χ2v) is 5.75. The van der Waals surface area contributed by atoms with Gasteiger partial charge in [0.2, 0.25) is 0 Å². The highest BCUT2D eigenvalue weighted by Crippen LogP contribution is 2.26. The van der Waals surface area contributed by atoms with Crippen molar-refractivity contribution in [3.63, 3.8) is 0 Å². The fourth-order valence-electron chi connectivity index (χ4n) is 3.12. The van der Waals surface area contributed by atoms with Gasteiger partial charge in [0.15, 0.2) is 6.61 Å². The molecule has 1 aliphatic rings. The molecule has 1 N–H and O–H groups in total. The predicted molar refractivity (Wildman–Crippen MR) is 86.4 cm³/mol. The number of fused-ring (bicyclic) bond motifs is 1. The predicted octanol–water partition coefficient (Wildman–Crippen LogP) is 2.68. The van der Waals surface area contributed by atoms with Gasteiger partial charge in [0, 0.05) is 18.0 Å². The van der Waals surface area contributed by atoms with Gasteiger partial charge in [-0.1, -0.05) is 36.4 Å². The summed E-state index contributed by atoms with van der Waals surface area (Å²) in [5.41, 5.74) is 0. The van der Waals surface area contributed by atoms with Crippen LogP contribution >= 0.6 is 0 Å². The van der Waals surface area contributed by atoms with Crippen molar-refractivity contribution < 1.29 is 19.4 Å². The minimum atomic E-state index is -0.871. The number of hydrogen-bond donors (Lipinski definition) is 1. The number of carbonyl (C=O) groups is 2. The van der Waals surface area contributed by atoms with Gasteiger partial charge in [-0.2, -0.15) is 0 Å². The van der Waals surface area contributed by atoms with Crippen molar-refractivity contribution in [1.82, 2.24) is 4.90 Å². The fraction of sp³-hybridized carbons (Fsp3) is 0.333. The maximum atomic E-state index is 12.4. The molecule has 1 saturated heterocycles. The molecule has 0 aliphatic carbocycles. The zero-order valence-electron chi connectivity index (χ0n) is 12.8. The molecule has 0 spiro atoms. The molecule has 0 bridgehead atoms. The smallest absolute Gasteiger partial charge is 0.305 e. The number of hydrogen-bond acceptors (Lipinski definition) is 3. The summed E-state index contributed by atoms with van der Waals surface area (Å²) in [6, 6.07) is 13.4. The summed E-state index contributed by atoms with van der Waals surface area (Å²) < 4.78 is 5.71. The van der Waals surface area contributed by atoms with Gasteiger partial charge in [-0.3, -0.25) is 9.59 Å². The topological polar surface area (TPSA) is 66.8 Å². The van der Waals surface area contributed by atoms with Crippen molar-refractivity contribution >= 4 is 22.6 Å². The van der Waals surface area contributed by atoms with Crippen LogP contribution in [-0.2, 0) is 9.59 Å². The fourth-order valence-corrected chi connectivity index (χ4v) is 3.12. The molecule has 5 nitrogen and oxygen atoms in total. The monoisotopic (exact) mass is 313 g/mol. The van der Waals surface area contributed by atoms with Crippen molar-refractivity contribution in [2.24, 2.45) is 0 Å². The van der Waals surface area contributed by atoms with Crippen LogP contribution < -0.4 is 4.74 Å². The van der Waals surface area contributed by atoms with Gasteiger partial charge >= 0.3 is 5.97 Å². The molecule has 2 aromatic rings. The quantitative estimate of drug-likeness (QED) is 0.921. The van der Waals surface area contributed by atoms with Gasteiger partial charge in [-0.15, -0.1) is 0 Å². The Bertz CT molecular complexity index is 723. The van der Waals surface area contributed by atoms with Gasteiger partial charge in [-0.25, -0.2) is 0 Å². The van der Waals surface area contributed by atoms with Crippen LogP contribution in [0.25, 0.3) is 10.8 Å². The lowest BCUT2D eigenvalue weighted by molar-refractivity contribution is -0.140. The highest BCUT2D eigenvalue weighted by atomic mass is 16.5.